The molecule has 0 bridgehead atoms. The maximum Gasteiger partial charge on any atom is 0.294 e. The van der Waals surface area contributed by atoms with Gasteiger partial charge in [-0.15, -0.1) is 0 Å². The van der Waals surface area contributed by atoms with E-state index in [1.807, 2.05) is 19.1 Å². The number of nitrogens with zero attached hydrogens (tertiary/aromatic N) is 3. The zero-order chi connectivity index (χ0) is 23.3. The number of benzene rings is 3. The first kappa shape index (κ1) is 22.1. The SMILES string of the molecule is CC(=NNc1ccc(C(=O)Nc2ccccc2C)cc1[N+](=O)[O-])c1ccc([N+](=O)[O-])cc1. The third-order valence-corrected chi connectivity index (χ3v) is 4.69. The number of para-hydroxylation sites is 1. The van der Waals surface area contributed by atoms with Crippen LogP contribution in [0.4, 0.5) is 22.7 Å². The summed E-state index contributed by atoms with van der Waals surface area (Å²) >= 11 is 0. The lowest BCUT2D eigenvalue weighted by Gasteiger charge is -2.09. The summed E-state index contributed by atoms with van der Waals surface area (Å²) in [4.78, 5) is 33.7. The molecule has 162 valence electrons. The third kappa shape index (κ3) is 5.11. The van der Waals surface area contributed by atoms with Gasteiger partial charge < -0.3 is 5.32 Å². The molecular weight excluding hydrogens is 414 g/mol. The largest absolute Gasteiger partial charge is 0.322 e. The minimum Gasteiger partial charge on any atom is -0.322 e. The number of nitro benzene ring substituents is 2. The number of carbonyl (C=O) groups is 1. The van der Waals surface area contributed by atoms with Crippen molar-refractivity contribution in [3.63, 3.8) is 0 Å². The van der Waals surface area contributed by atoms with Crippen molar-refractivity contribution in [3.05, 3.63) is 104 Å². The first-order chi connectivity index (χ1) is 15.3. The van der Waals surface area contributed by atoms with Crippen molar-refractivity contribution in [2.75, 3.05) is 10.7 Å². The van der Waals surface area contributed by atoms with Crippen LogP contribution in [-0.2, 0) is 0 Å². The van der Waals surface area contributed by atoms with E-state index in [1.54, 1.807) is 19.1 Å². The molecule has 10 heteroatoms. The van der Waals surface area contributed by atoms with E-state index in [1.165, 1.54) is 42.5 Å². The molecule has 0 aromatic heterocycles. The number of aryl methyl sites for hydroxylation is 1. The molecule has 0 aliphatic carbocycles. The molecule has 2 N–H and O–H groups in total. The van der Waals surface area contributed by atoms with E-state index in [4.69, 9.17) is 0 Å². The van der Waals surface area contributed by atoms with Gasteiger partial charge in [-0.25, -0.2) is 0 Å². The monoisotopic (exact) mass is 433 g/mol. The second kappa shape index (κ2) is 9.47. The Morgan fingerprint density at radius 2 is 1.53 bits per heavy atom. The third-order valence-electron chi connectivity index (χ3n) is 4.69. The number of carbonyl (C=O) groups excluding carboxylic acids is 1. The number of amides is 1. The molecule has 0 spiro atoms. The topological polar surface area (TPSA) is 140 Å². The van der Waals surface area contributed by atoms with Crippen LogP contribution >= 0.6 is 0 Å². The van der Waals surface area contributed by atoms with Crippen molar-refractivity contribution in [1.82, 2.24) is 0 Å². The second-order valence-corrected chi connectivity index (χ2v) is 6.87. The van der Waals surface area contributed by atoms with Crippen molar-refractivity contribution in [3.8, 4) is 0 Å². The number of hydrogen-bond acceptors (Lipinski definition) is 7. The smallest absolute Gasteiger partial charge is 0.294 e. The zero-order valence-corrected chi connectivity index (χ0v) is 17.2. The van der Waals surface area contributed by atoms with Crippen molar-refractivity contribution >= 4 is 34.4 Å². The highest BCUT2D eigenvalue weighted by atomic mass is 16.6. The Morgan fingerprint density at radius 3 is 2.16 bits per heavy atom. The number of hydrazone groups is 1. The van der Waals surface area contributed by atoms with E-state index in [9.17, 15) is 25.0 Å². The van der Waals surface area contributed by atoms with Crippen LogP contribution in [0.15, 0.2) is 71.8 Å². The van der Waals surface area contributed by atoms with Gasteiger partial charge in [-0.3, -0.25) is 30.4 Å². The van der Waals surface area contributed by atoms with Crippen molar-refractivity contribution in [1.29, 1.82) is 0 Å². The van der Waals surface area contributed by atoms with Gasteiger partial charge >= 0.3 is 0 Å². The minimum atomic E-state index is -0.608. The van der Waals surface area contributed by atoms with Gasteiger partial charge in [0.05, 0.1) is 15.6 Å². The van der Waals surface area contributed by atoms with Gasteiger partial charge in [-0.1, -0.05) is 18.2 Å². The summed E-state index contributed by atoms with van der Waals surface area (Å²) < 4.78 is 0. The number of non-ortho nitro benzene ring substituents is 1. The zero-order valence-electron chi connectivity index (χ0n) is 17.2. The molecule has 3 rings (SSSR count). The highest BCUT2D eigenvalue weighted by Crippen LogP contribution is 2.26. The quantitative estimate of drug-likeness (QED) is 0.308. The molecule has 3 aromatic carbocycles. The Bertz CT molecular complexity index is 1220. The number of nitrogens with one attached hydrogen (secondary N) is 2. The number of anilines is 2. The lowest BCUT2D eigenvalue weighted by molar-refractivity contribution is -0.384. The first-order valence-electron chi connectivity index (χ1n) is 9.47. The number of rotatable bonds is 7. The van der Waals surface area contributed by atoms with Gasteiger partial charge in [-0.2, -0.15) is 5.10 Å². The Morgan fingerprint density at radius 1 is 0.875 bits per heavy atom. The Hall–Kier alpha value is -4.60. The van der Waals surface area contributed by atoms with Crippen LogP contribution in [0.25, 0.3) is 0 Å². The fourth-order valence-electron chi connectivity index (χ4n) is 2.86. The average molecular weight is 433 g/mol. The fraction of sp³-hybridized carbons (Fsp3) is 0.0909. The van der Waals surface area contributed by atoms with E-state index in [0.717, 1.165) is 5.56 Å². The summed E-state index contributed by atoms with van der Waals surface area (Å²) in [6, 6.07) is 17.0. The summed E-state index contributed by atoms with van der Waals surface area (Å²) in [5, 5.41) is 29.2. The molecule has 0 fully saturated rings. The predicted octanol–water partition coefficient (Wildman–Crippen LogP) is 4.90. The molecule has 0 radical (unpaired) electrons. The van der Waals surface area contributed by atoms with Gasteiger partial charge in [0.2, 0.25) is 0 Å². The average Bonchev–Trinajstić information content (AvgIpc) is 2.78. The Labute approximate surface area is 182 Å². The molecule has 0 saturated heterocycles. The van der Waals surface area contributed by atoms with E-state index in [0.29, 0.717) is 17.0 Å². The molecule has 3 aromatic rings. The minimum absolute atomic E-state index is 0.0512. The molecular formula is C22H19N5O5. The summed E-state index contributed by atoms with van der Waals surface area (Å²) in [6.07, 6.45) is 0. The molecule has 0 aliphatic heterocycles. The molecule has 32 heavy (non-hydrogen) atoms. The fourth-order valence-corrected chi connectivity index (χ4v) is 2.86. The van der Waals surface area contributed by atoms with Gasteiger partial charge in [0.25, 0.3) is 17.3 Å². The summed E-state index contributed by atoms with van der Waals surface area (Å²) in [5.74, 6) is -0.473. The molecule has 1 amide bonds. The van der Waals surface area contributed by atoms with Gasteiger partial charge in [0, 0.05) is 29.4 Å². The van der Waals surface area contributed by atoms with Crippen LogP contribution in [-0.4, -0.2) is 21.5 Å². The van der Waals surface area contributed by atoms with E-state index in [2.05, 4.69) is 15.8 Å². The molecule has 0 aliphatic rings. The molecule has 10 nitrogen and oxygen atoms in total. The summed E-state index contributed by atoms with van der Waals surface area (Å²) in [6.45, 7) is 3.50. The molecule has 0 heterocycles. The van der Waals surface area contributed by atoms with E-state index >= 15 is 0 Å². The molecule has 0 saturated carbocycles. The van der Waals surface area contributed by atoms with Crippen LogP contribution in [0.1, 0.15) is 28.4 Å². The standard InChI is InChI=1S/C22H19N5O5/c1-14-5-3-4-6-19(14)23-22(28)17-9-12-20(21(13-17)27(31)32)25-24-15(2)16-7-10-18(11-8-16)26(29)30/h3-13,25H,1-2H3,(H,23,28). The van der Waals surface area contributed by atoms with Crippen molar-refractivity contribution in [2.45, 2.75) is 13.8 Å². The van der Waals surface area contributed by atoms with Crippen molar-refractivity contribution < 1.29 is 14.6 Å². The Balaban J connectivity index is 1.80. The Kier molecular flexibility index (Phi) is 6.54. The highest BCUT2D eigenvalue weighted by molar-refractivity contribution is 6.05. The predicted molar refractivity (Wildman–Crippen MR) is 121 cm³/mol. The normalized spacial score (nSPS) is 11.0. The highest BCUT2D eigenvalue weighted by Gasteiger charge is 2.18. The summed E-state index contributed by atoms with van der Waals surface area (Å²) in [7, 11) is 0. The van der Waals surface area contributed by atoms with Crippen LogP contribution in [0.3, 0.4) is 0 Å². The maximum absolute atomic E-state index is 12.5. The van der Waals surface area contributed by atoms with Crippen LogP contribution in [0.5, 0.6) is 0 Å². The number of hydrogen-bond donors (Lipinski definition) is 2. The van der Waals surface area contributed by atoms with E-state index in [-0.39, 0.29) is 22.6 Å². The number of nitro groups is 2. The van der Waals surface area contributed by atoms with Gasteiger partial charge in [0.15, 0.2) is 0 Å². The molecule has 0 unspecified atom stereocenters. The summed E-state index contributed by atoms with van der Waals surface area (Å²) in [5.41, 5.74) is 5.06. The lowest BCUT2D eigenvalue weighted by Crippen LogP contribution is -2.13. The lowest BCUT2D eigenvalue weighted by atomic mass is 10.1. The van der Waals surface area contributed by atoms with Crippen LogP contribution in [0.2, 0.25) is 0 Å². The molecule has 0 atom stereocenters. The van der Waals surface area contributed by atoms with Crippen LogP contribution in [0, 0.1) is 27.2 Å². The first-order valence-corrected chi connectivity index (χ1v) is 9.47. The van der Waals surface area contributed by atoms with E-state index < -0.39 is 15.8 Å². The van der Waals surface area contributed by atoms with Gasteiger partial charge in [0.1, 0.15) is 5.69 Å². The maximum atomic E-state index is 12.5. The van der Waals surface area contributed by atoms with Crippen LogP contribution < -0.4 is 10.7 Å². The second-order valence-electron chi connectivity index (χ2n) is 6.87. The van der Waals surface area contributed by atoms with Gasteiger partial charge in [-0.05, 0) is 55.3 Å². The van der Waals surface area contributed by atoms with Crippen molar-refractivity contribution in [2.24, 2.45) is 5.10 Å².